The number of benzene rings is 7. The lowest BCUT2D eigenvalue weighted by atomic mass is 10.0. The third kappa shape index (κ3) is 5.58. The fraction of sp³-hybridized carbons (Fsp3) is 0. The first-order valence-corrected chi connectivity index (χ1v) is 19.5. The van der Waals surface area contributed by atoms with Gasteiger partial charge >= 0.3 is 0 Å². The molecule has 0 saturated heterocycles. The summed E-state index contributed by atoms with van der Waals surface area (Å²) in [7, 11) is 0. The van der Waals surface area contributed by atoms with Crippen molar-refractivity contribution in [3.63, 3.8) is 0 Å². The monoisotopic (exact) mass is 741 g/mol. The molecule has 6 nitrogen and oxygen atoms in total. The number of hydrogen-bond acceptors (Lipinski definition) is 8. The van der Waals surface area contributed by atoms with Crippen LogP contribution in [0.1, 0.15) is 0 Å². The van der Waals surface area contributed by atoms with Gasteiger partial charge in [-0.25, -0.2) is 24.9 Å². The van der Waals surface area contributed by atoms with E-state index in [1.54, 1.807) is 22.7 Å². The summed E-state index contributed by atoms with van der Waals surface area (Å²) < 4.78 is 8.99. The summed E-state index contributed by atoms with van der Waals surface area (Å²) in [6.45, 7) is 0. The molecule has 7 aromatic carbocycles. The predicted molar refractivity (Wildman–Crippen MR) is 226 cm³/mol. The first kappa shape index (κ1) is 31.6. The summed E-state index contributed by atoms with van der Waals surface area (Å²) in [6.07, 6.45) is 0. The van der Waals surface area contributed by atoms with Gasteiger partial charge in [-0.15, -0.1) is 22.7 Å². The Morgan fingerprint density at radius 3 is 1.56 bits per heavy atom. The zero-order valence-corrected chi connectivity index (χ0v) is 30.7. The molecule has 0 amide bonds. The fourth-order valence-electron chi connectivity index (χ4n) is 7.12. The minimum atomic E-state index is 0.612. The molecule has 0 aliphatic rings. The van der Waals surface area contributed by atoms with E-state index in [0.717, 1.165) is 91.3 Å². The van der Waals surface area contributed by atoms with Crippen LogP contribution in [0.25, 0.3) is 109 Å². The molecule has 0 spiro atoms. The Bertz CT molecular complexity index is 3110. The molecule has 0 aliphatic heterocycles. The van der Waals surface area contributed by atoms with Crippen molar-refractivity contribution >= 4 is 65.0 Å². The van der Waals surface area contributed by atoms with Gasteiger partial charge in [0.05, 0.1) is 26.0 Å². The number of para-hydroxylation sites is 3. The molecule has 0 bridgehead atoms. The van der Waals surface area contributed by atoms with Crippen molar-refractivity contribution in [2.75, 3.05) is 0 Å². The molecule has 0 unspecified atom stereocenters. The van der Waals surface area contributed by atoms with E-state index in [1.165, 1.54) is 0 Å². The largest absolute Gasteiger partial charge is 0.455 e. The standard InChI is InChI=1S/C47H27N5OS2/c1-3-11-29(12-4-1)43-50-44(30-13-5-2-6-14-30)52-45(51-43)32-25-26-40-38(27-32)49-46(54-40)31-23-21-28(22-24-31)33-15-9-16-34-35-17-10-18-36(42(35)53-41(33)34)47-48-37-19-7-8-20-39(37)55-47/h1-27H. The van der Waals surface area contributed by atoms with Crippen molar-refractivity contribution in [1.29, 1.82) is 0 Å². The van der Waals surface area contributed by atoms with E-state index in [2.05, 4.69) is 97.1 Å². The molecule has 11 aromatic rings. The maximum atomic E-state index is 6.73. The number of thiazole rings is 2. The Morgan fingerprint density at radius 2 is 0.873 bits per heavy atom. The molecule has 0 aliphatic carbocycles. The molecular weight excluding hydrogens is 715 g/mol. The van der Waals surface area contributed by atoms with Crippen molar-refractivity contribution in [3.05, 3.63) is 164 Å². The summed E-state index contributed by atoms with van der Waals surface area (Å²) in [5.74, 6) is 1.88. The molecule has 55 heavy (non-hydrogen) atoms. The lowest BCUT2D eigenvalue weighted by Gasteiger charge is -2.08. The van der Waals surface area contributed by atoms with Crippen LogP contribution in [0.3, 0.4) is 0 Å². The van der Waals surface area contributed by atoms with E-state index >= 15 is 0 Å². The highest BCUT2D eigenvalue weighted by atomic mass is 32.1. The van der Waals surface area contributed by atoms with Crippen LogP contribution in [0.4, 0.5) is 0 Å². The van der Waals surface area contributed by atoms with E-state index in [4.69, 9.17) is 29.3 Å². The van der Waals surface area contributed by atoms with E-state index in [0.29, 0.717) is 17.5 Å². The lowest BCUT2D eigenvalue weighted by molar-refractivity contribution is 0.671. The Hall–Kier alpha value is -6.87. The number of aromatic nitrogens is 5. The quantitative estimate of drug-likeness (QED) is 0.169. The second kappa shape index (κ2) is 12.9. The van der Waals surface area contributed by atoms with E-state index in [1.807, 2.05) is 66.7 Å². The van der Waals surface area contributed by atoms with Crippen LogP contribution in [0.5, 0.6) is 0 Å². The van der Waals surface area contributed by atoms with E-state index in [9.17, 15) is 0 Å². The van der Waals surface area contributed by atoms with Crippen molar-refractivity contribution in [2.45, 2.75) is 0 Å². The summed E-state index contributed by atoms with van der Waals surface area (Å²) in [5.41, 5.74) is 10.6. The maximum Gasteiger partial charge on any atom is 0.164 e. The van der Waals surface area contributed by atoms with Gasteiger partial charge in [-0.05, 0) is 42.0 Å². The third-order valence-corrected chi connectivity index (χ3v) is 12.0. The SMILES string of the molecule is c1ccc(-c2nc(-c3ccccc3)nc(-c3ccc4sc(-c5ccc(-c6cccc7c6oc6c(-c8nc9ccccc9s8)cccc67)cc5)nc4c3)n2)cc1. The zero-order chi connectivity index (χ0) is 36.3. The average Bonchev–Trinajstić information content (AvgIpc) is 3.99. The first-order valence-electron chi connectivity index (χ1n) is 17.9. The molecule has 0 atom stereocenters. The zero-order valence-electron chi connectivity index (χ0n) is 29.0. The molecule has 0 N–H and O–H groups in total. The van der Waals surface area contributed by atoms with Crippen molar-refractivity contribution < 1.29 is 4.42 Å². The molecule has 0 saturated carbocycles. The van der Waals surface area contributed by atoms with Crippen LogP contribution in [-0.2, 0) is 0 Å². The first-order chi connectivity index (χ1) is 27.2. The van der Waals surface area contributed by atoms with Gasteiger partial charge < -0.3 is 4.42 Å². The summed E-state index contributed by atoms with van der Waals surface area (Å²) in [5, 5.41) is 4.09. The van der Waals surface area contributed by atoms with E-state index < -0.39 is 0 Å². The normalized spacial score (nSPS) is 11.6. The van der Waals surface area contributed by atoms with Gasteiger partial charge in [-0.3, -0.25) is 0 Å². The van der Waals surface area contributed by atoms with E-state index in [-0.39, 0.29) is 0 Å². The fourth-order valence-corrected chi connectivity index (χ4v) is 9.06. The Balaban J connectivity index is 0.938. The van der Waals surface area contributed by atoms with Crippen LogP contribution in [0, 0.1) is 0 Å². The molecule has 4 aromatic heterocycles. The predicted octanol–water partition coefficient (Wildman–Crippen LogP) is 13.0. The van der Waals surface area contributed by atoms with Gasteiger partial charge in [-0.2, -0.15) is 0 Å². The number of furan rings is 1. The van der Waals surface area contributed by atoms with Crippen LogP contribution < -0.4 is 0 Å². The average molecular weight is 742 g/mol. The Kier molecular flexibility index (Phi) is 7.43. The van der Waals surface area contributed by atoms with Crippen molar-refractivity contribution in [2.24, 2.45) is 0 Å². The van der Waals surface area contributed by atoms with Gasteiger partial charge in [-0.1, -0.05) is 127 Å². The number of fused-ring (bicyclic) bond motifs is 5. The molecule has 4 heterocycles. The van der Waals surface area contributed by atoms with Crippen LogP contribution in [-0.4, -0.2) is 24.9 Å². The van der Waals surface area contributed by atoms with Crippen LogP contribution in [0.2, 0.25) is 0 Å². The van der Waals surface area contributed by atoms with Crippen molar-refractivity contribution in [1.82, 2.24) is 24.9 Å². The lowest BCUT2D eigenvalue weighted by Crippen LogP contribution is -2.00. The smallest absolute Gasteiger partial charge is 0.164 e. The van der Waals surface area contributed by atoms with Gasteiger partial charge in [0.25, 0.3) is 0 Å². The van der Waals surface area contributed by atoms with Crippen LogP contribution in [0.15, 0.2) is 168 Å². The Labute approximate surface area is 323 Å². The highest BCUT2D eigenvalue weighted by Gasteiger charge is 2.19. The van der Waals surface area contributed by atoms with Gasteiger partial charge in [0.15, 0.2) is 17.5 Å². The van der Waals surface area contributed by atoms with Gasteiger partial charge in [0.1, 0.15) is 21.2 Å². The highest BCUT2D eigenvalue weighted by Crippen LogP contribution is 2.42. The second-order valence-corrected chi connectivity index (χ2v) is 15.3. The molecule has 0 fully saturated rings. The molecule has 11 rings (SSSR count). The topological polar surface area (TPSA) is 77.6 Å². The summed E-state index contributed by atoms with van der Waals surface area (Å²) in [4.78, 5) is 24.7. The van der Waals surface area contributed by atoms with Gasteiger partial charge in [0.2, 0.25) is 0 Å². The summed E-state index contributed by atoms with van der Waals surface area (Å²) >= 11 is 3.37. The molecule has 0 radical (unpaired) electrons. The molecular formula is C47H27N5OS2. The number of rotatable bonds is 6. The second-order valence-electron chi connectivity index (χ2n) is 13.3. The molecule has 258 valence electrons. The number of nitrogens with zero attached hydrogens (tertiary/aromatic N) is 5. The summed E-state index contributed by atoms with van der Waals surface area (Å²) in [6, 6.07) is 55.9. The number of hydrogen-bond donors (Lipinski definition) is 0. The van der Waals surface area contributed by atoms with Crippen molar-refractivity contribution in [3.8, 4) is 66.4 Å². The van der Waals surface area contributed by atoms with Crippen LogP contribution >= 0.6 is 22.7 Å². The molecule has 8 heteroatoms. The Morgan fingerprint density at radius 1 is 0.345 bits per heavy atom. The van der Waals surface area contributed by atoms with Gasteiger partial charge in [0, 0.05) is 38.6 Å². The minimum absolute atomic E-state index is 0.612. The minimum Gasteiger partial charge on any atom is -0.455 e. The highest BCUT2D eigenvalue weighted by molar-refractivity contribution is 7.22. The maximum absolute atomic E-state index is 6.73. The third-order valence-electron chi connectivity index (χ3n) is 9.84.